The minimum atomic E-state index is -0.459. The number of allylic oxidation sites excluding steroid dienone is 2. The van der Waals surface area contributed by atoms with E-state index in [1.165, 1.54) is 154 Å². The third-order valence-corrected chi connectivity index (χ3v) is 7.74. The van der Waals surface area contributed by atoms with Crippen molar-refractivity contribution >= 4 is 6.16 Å². The zero-order chi connectivity index (χ0) is 27.8. The largest absolute Gasteiger partial charge is 0.508 e. The topological polar surface area (TPSA) is 35.5 Å². The lowest BCUT2D eigenvalue weighted by Crippen LogP contribution is -2.16. The van der Waals surface area contributed by atoms with Crippen molar-refractivity contribution in [1.29, 1.82) is 0 Å². The molecule has 226 valence electrons. The molecule has 3 heteroatoms. The van der Waals surface area contributed by atoms with Gasteiger partial charge in [-0.1, -0.05) is 155 Å². The van der Waals surface area contributed by atoms with Crippen molar-refractivity contribution in [3.63, 3.8) is 0 Å². The maximum absolute atomic E-state index is 12.1. The van der Waals surface area contributed by atoms with E-state index in [2.05, 4.69) is 32.9 Å². The molecule has 3 nitrogen and oxygen atoms in total. The number of carbonyl (C=O) groups is 1. The van der Waals surface area contributed by atoms with Crippen LogP contribution in [0.1, 0.15) is 188 Å². The van der Waals surface area contributed by atoms with Crippen molar-refractivity contribution in [3.8, 4) is 0 Å². The Labute approximate surface area is 239 Å². The Bertz CT molecular complexity index is 488. The Morgan fingerprint density at radius 3 is 1.39 bits per heavy atom. The second kappa shape index (κ2) is 32.2. The number of carbonyl (C=O) groups excluding carboxylic acids is 1. The highest BCUT2D eigenvalue weighted by Crippen LogP contribution is 2.20. The number of hydrogen-bond acceptors (Lipinski definition) is 3. The lowest BCUT2D eigenvalue weighted by atomic mass is 9.95. The molecule has 0 amide bonds. The number of unbranched alkanes of at least 4 members (excludes halogenated alkanes) is 20. The Morgan fingerprint density at radius 1 is 0.500 bits per heavy atom. The molecule has 0 rings (SSSR count). The van der Waals surface area contributed by atoms with Gasteiger partial charge in [-0.05, 0) is 50.9 Å². The summed E-state index contributed by atoms with van der Waals surface area (Å²) in [4.78, 5) is 12.1. The van der Waals surface area contributed by atoms with Crippen LogP contribution in [0.15, 0.2) is 12.2 Å². The van der Waals surface area contributed by atoms with E-state index in [-0.39, 0.29) is 0 Å². The molecule has 38 heavy (non-hydrogen) atoms. The molecule has 0 radical (unpaired) electrons. The molecule has 0 saturated carbocycles. The summed E-state index contributed by atoms with van der Waals surface area (Å²) in [6.45, 7) is 7.83. The minimum Gasteiger partial charge on any atom is -0.434 e. The first-order valence-corrected chi connectivity index (χ1v) is 17.2. The average molecular weight is 537 g/mol. The molecule has 0 bridgehead atoms. The molecule has 0 aliphatic heterocycles. The molecule has 0 aromatic carbocycles. The van der Waals surface area contributed by atoms with Gasteiger partial charge in [-0.2, -0.15) is 0 Å². The summed E-state index contributed by atoms with van der Waals surface area (Å²) in [5, 5.41) is 0. The first-order valence-electron chi connectivity index (χ1n) is 17.2. The first-order chi connectivity index (χ1) is 18.7. The van der Waals surface area contributed by atoms with Gasteiger partial charge in [0.05, 0.1) is 13.2 Å². The van der Waals surface area contributed by atoms with Gasteiger partial charge in [0.25, 0.3) is 0 Å². The summed E-state index contributed by atoms with van der Waals surface area (Å²) in [7, 11) is 0. The van der Waals surface area contributed by atoms with E-state index in [1.54, 1.807) is 0 Å². The van der Waals surface area contributed by atoms with Crippen LogP contribution in [-0.4, -0.2) is 19.4 Å². The van der Waals surface area contributed by atoms with Crippen LogP contribution >= 0.6 is 0 Å². The fourth-order valence-corrected chi connectivity index (χ4v) is 5.12. The van der Waals surface area contributed by atoms with E-state index in [9.17, 15) is 4.79 Å². The maximum atomic E-state index is 12.1. The molecule has 1 atom stereocenters. The van der Waals surface area contributed by atoms with Gasteiger partial charge in [0.1, 0.15) is 0 Å². The Morgan fingerprint density at radius 2 is 0.895 bits per heavy atom. The molecule has 0 spiro atoms. The first kappa shape index (κ1) is 37.0. The minimum absolute atomic E-state index is 0.459. The molecule has 0 aliphatic carbocycles. The fourth-order valence-electron chi connectivity index (χ4n) is 5.12. The van der Waals surface area contributed by atoms with Crippen LogP contribution in [-0.2, 0) is 9.47 Å². The van der Waals surface area contributed by atoms with Crippen molar-refractivity contribution in [2.24, 2.45) is 5.92 Å². The van der Waals surface area contributed by atoms with Gasteiger partial charge in [-0.15, -0.1) is 0 Å². The Kier molecular flexibility index (Phi) is 31.4. The molecule has 0 aromatic heterocycles. The number of hydrogen-bond donors (Lipinski definition) is 0. The molecule has 0 fully saturated rings. The van der Waals surface area contributed by atoms with Gasteiger partial charge in [-0.25, -0.2) is 4.79 Å². The second-order valence-electron chi connectivity index (χ2n) is 11.6. The molecular formula is C35H68O3. The summed E-state index contributed by atoms with van der Waals surface area (Å²) in [6, 6.07) is 0. The molecule has 0 aliphatic rings. The lowest BCUT2D eigenvalue weighted by molar-refractivity contribution is 0.0406. The van der Waals surface area contributed by atoms with E-state index in [4.69, 9.17) is 9.47 Å². The molecule has 0 N–H and O–H groups in total. The molecule has 0 aromatic rings. The van der Waals surface area contributed by atoms with E-state index in [0.29, 0.717) is 19.1 Å². The van der Waals surface area contributed by atoms with Gasteiger partial charge >= 0.3 is 6.16 Å². The zero-order valence-electron chi connectivity index (χ0n) is 26.3. The fraction of sp³-hybridized carbons (Fsp3) is 0.914. The summed E-state index contributed by atoms with van der Waals surface area (Å²) in [6.07, 6.45) is 37.7. The summed E-state index contributed by atoms with van der Waals surface area (Å²) in [5.41, 5.74) is 0. The highest BCUT2D eigenvalue weighted by molar-refractivity contribution is 5.59. The monoisotopic (exact) mass is 537 g/mol. The van der Waals surface area contributed by atoms with Gasteiger partial charge in [0, 0.05) is 0 Å². The van der Waals surface area contributed by atoms with Crippen LogP contribution in [0, 0.1) is 5.92 Å². The van der Waals surface area contributed by atoms with Gasteiger partial charge in [0.15, 0.2) is 0 Å². The van der Waals surface area contributed by atoms with Gasteiger partial charge in [-0.3, -0.25) is 0 Å². The summed E-state index contributed by atoms with van der Waals surface area (Å²) < 4.78 is 10.9. The quantitative estimate of drug-likeness (QED) is 0.0520. The van der Waals surface area contributed by atoms with Crippen molar-refractivity contribution in [2.45, 2.75) is 188 Å². The lowest BCUT2D eigenvalue weighted by Gasteiger charge is -2.17. The second-order valence-corrected chi connectivity index (χ2v) is 11.6. The predicted molar refractivity (Wildman–Crippen MR) is 167 cm³/mol. The highest BCUT2D eigenvalue weighted by Gasteiger charge is 2.13. The normalized spacial score (nSPS) is 12.3. The Hall–Kier alpha value is -0.990. The predicted octanol–water partition coefficient (Wildman–Crippen LogP) is 12.5. The van der Waals surface area contributed by atoms with Crippen LogP contribution in [0.4, 0.5) is 4.79 Å². The SMILES string of the molecule is CCCCCCCCC=CCCCCCCCCOC(=O)OCC(CCCCCC)CCCCCCCC. The standard InChI is InChI=1S/C35H68O3/c1-4-7-10-13-15-16-17-18-19-20-21-22-23-24-26-29-32-37-35(36)38-33-34(30-27-12-9-6-3)31-28-25-14-11-8-5-2/h18-19,34H,4-17,20-33H2,1-3H3. The zero-order valence-corrected chi connectivity index (χ0v) is 26.3. The smallest absolute Gasteiger partial charge is 0.434 e. The van der Waals surface area contributed by atoms with E-state index >= 15 is 0 Å². The number of rotatable bonds is 30. The van der Waals surface area contributed by atoms with Crippen LogP contribution < -0.4 is 0 Å². The molecule has 0 saturated heterocycles. The van der Waals surface area contributed by atoms with Crippen molar-refractivity contribution in [1.82, 2.24) is 0 Å². The van der Waals surface area contributed by atoms with Crippen LogP contribution in [0.5, 0.6) is 0 Å². The summed E-state index contributed by atoms with van der Waals surface area (Å²) >= 11 is 0. The third-order valence-electron chi connectivity index (χ3n) is 7.74. The van der Waals surface area contributed by atoms with E-state index < -0.39 is 6.16 Å². The van der Waals surface area contributed by atoms with Crippen LogP contribution in [0.25, 0.3) is 0 Å². The van der Waals surface area contributed by atoms with Crippen molar-refractivity contribution < 1.29 is 14.3 Å². The van der Waals surface area contributed by atoms with Crippen molar-refractivity contribution in [2.75, 3.05) is 13.2 Å². The van der Waals surface area contributed by atoms with Crippen molar-refractivity contribution in [3.05, 3.63) is 12.2 Å². The van der Waals surface area contributed by atoms with Crippen LogP contribution in [0.3, 0.4) is 0 Å². The highest BCUT2D eigenvalue weighted by atomic mass is 16.7. The number of ether oxygens (including phenoxy) is 2. The van der Waals surface area contributed by atoms with Crippen LogP contribution in [0.2, 0.25) is 0 Å². The molecular weight excluding hydrogens is 468 g/mol. The van der Waals surface area contributed by atoms with Gasteiger partial charge < -0.3 is 9.47 Å². The van der Waals surface area contributed by atoms with E-state index in [1.807, 2.05) is 0 Å². The van der Waals surface area contributed by atoms with Gasteiger partial charge in [0.2, 0.25) is 0 Å². The molecule has 0 heterocycles. The van der Waals surface area contributed by atoms with E-state index in [0.717, 1.165) is 12.8 Å². The maximum Gasteiger partial charge on any atom is 0.508 e. The summed E-state index contributed by atoms with van der Waals surface area (Å²) in [5.74, 6) is 0.496. The average Bonchev–Trinajstić information content (AvgIpc) is 2.92. The molecule has 1 unspecified atom stereocenters. The Balaban J connectivity index is 3.67. The third kappa shape index (κ3) is 29.6.